The molecule has 0 saturated carbocycles. The van der Waals surface area contributed by atoms with E-state index < -0.39 is 0 Å². The lowest BCUT2D eigenvalue weighted by molar-refractivity contribution is -0.114. The van der Waals surface area contributed by atoms with Gasteiger partial charge >= 0.3 is 0 Å². The van der Waals surface area contributed by atoms with Gasteiger partial charge in [0, 0.05) is 12.0 Å². The number of hydrogen-bond donors (Lipinski definition) is 0. The Bertz CT molecular complexity index is 779. The Morgan fingerprint density at radius 1 is 0.958 bits per heavy atom. The van der Waals surface area contributed by atoms with Crippen molar-refractivity contribution in [3.63, 3.8) is 0 Å². The van der Waals surface area contributed by atoms with E-state index >= 15 is 0 Å². The lowest BCUT2D eigenvalue weighted by atomic mass is 9.89. The maximum atomic E-state index is 12.5. The normalized spacial score (nSPS) is 16.7. The highest BCUT2D eigenvalue weighted by Gasteiger charge is 2.28. The molecule has 0 spiro atoms. The average Bonchev–Trinajstić information content (AvgIpc) is 2.92. The highest BCUT2D eigenvalue weighted by molar-refractivity contribution is 6.15. The predicted octanol–water partition coefficient (Wildman–Crippen LogP) is 6.08. The van der Waals surface area contributed by atoms with Crippen molar-refractivity contribution in [2.45, 2.75) is 39.5 Å². The fourth-order valence-electron chi connectivity index (χ4n) is 3.46. The molecule has 0 unspecified atom stereocenters. The summed E-state index contributed by atoms with van der Waals surface area (Å²) in [4.78, 5) is 12.5. The van der Waals surface area contributed by atoms with Crippen LogP contribution in [0.3, 0.4) is 0 Å². The van der Waals surface area contributed by atoms with E-state index in [1.165, 1.54) is 16.7 Å². The van der Waals surface area contributed by atoms with Crippen molar-refractivity contribution in [2.75, 3.05) is 0 Å². The smallest absolute Gasteiger partial charge is 0.163 e. The van der Waals surface area contributed by atoms with E-state index in [0.717, 1.165) is 36.0 Å². The van der Waals surface area contributed by atoms with Crippen LogP contribution < -0.4 is 0 Å². The maximum absolute atomic E-state index is 12.5. The monoisotopic (exact) mass is 316 g/mol. The predicted molar refractivity (Wildman–Crippen MR) is 102 cm³/mol. The number of benzene rings is 2. The summed E-state index contributed by atoms with van der Waals surface area (Å²) < 4.78 is 0. The molecule has 122 valence electrons. The SMILES string of the molecule is CCCC/C(=C1\CC(=O)C(C)=C1c1ccccc1)c1ccccc1. The van der Waals surface area contributed by atoms with E-state index in [-0.39, 0.29) is 5.78 Å². The molecule has 2 aromatic carbocycles. The lowest BCUT2D eigenvalue weighted by Gasteiger charge is -2.15. The summed E-state index contributed by atoms with van der Waals surface area (Å²) in [5, 5.41) is 0. The van der Waals surface area contributed by atoms with Gasteiger partial charge in [0.1, 0.15) is 0 Å². The van der Waals surface area contributed by atoms with Crippen LogP contribution in [0.2, 0.25) is 0 Å². The van der Waals surface area contributed by atoms with Gasteiger partial charge in [-0.15, -0.1) is 0 Å². The largest absolute Gasteiger partial charge is 0.294 e. The molecule has 0 radical (unpaired) electrons. The summed E-state index contributed by atoms with van der Waals surface area (Å²) in [6, 6.07) is 20.9. The second kappa shape index (κ2) is 7.44. The second-order valence-corrected chi connectivity index (χ2v) is 6.39. The van der Waals surface area contributed by atoms with Crippen LogP contribution in [0, 0.1) is 0 Å². The van der Waals surface area contributed by atoms with Crippen molar-refractivity contribution in [2.24, 2.45) is 0 Å². The summed E-state index contributed by atoms with van der Waals surface area (Å²) in [5.41, 5.74) is 7.01. The first-order valence-corrected chi connectivity index (χ1v) is 8.79. The van der Waals surface area contributed by atoms with Crippen molar-refractivity contribution in [1.29, 1.82) is 0 Å². The van der Waals surface area contributed by atoms with E-state index in [4.69, 9.17) is 0 Å². The molecule has 3 rings (SSSR count). The summed E-state index contributed by atoms with van der Waals surface area (Å²) >= 11 is 0. The Morgan fingerprint density at radius 2 is 1.58 bits per heavy atom. The zero-order chi connectivity index (χ0) is 16.9. The number of ketones is 1. The molecule has 1 heteroatoms. The van der Waals surface area contributed by atoms with Crippen LogP contribution in [-0.4, -0.2) is 5.78 Å². The van der Waals surface area contributed by atoms with Crippen molar-refractivity contribution in [1.82, 2.24) is 0 Å². The van der Waals surface area contributed by atoms with Gasteiger partial charge in [0.05, 0.1) is 0 Å². The highest BCUT2D eigenvalue weighted by Crippen LogP contribution is 2.42. The first-order chi connectivity index (χ1) is 11.7. The minimum absolute atomic E-state index is 0.258. The molecule has 0 aromatic heterocycles. The first-order valence-electron chi connectivity index (χ1n) is 8.79. The van der Waals surface area contributed by atoms with Gasteiger partial charge in [-0.3, -0.25) is 4.79 Å². The topological polar surface area (TPSA) is 17.1 Å². The fraction of sp³-hybridized carbons (Fsp3) is 0.261. The molecule has 0 fully saturated rings. The van der Waals surface area contributed by atoms with E-state index in [9.17, 15) is 4.79 Å². The molecule has 0 atom stereocenters. The summed E-state index contributed by atoms with van der Waals surface area (Å²) in [6.07, 6.45) is 3.85. The molecule has 0 N–H and O–H groups in total. The summed E-state index contributed by atoms with van der Waals surface area (Å²) in [7, 11) is 0. The number of hydrogen-bond acceptors (Lipinski definition) is 1. The van der Waals surface area contributed by atoms with Crippen molar-refractivity contribution in [3.8, 4) is 0 Å². The number of carbonyl (C=O) groups is 1. The number of Topliss-reactive ketones (excluding diaryl/α,β-unsaturated/α-hetero) is 1. The zero-order valence-corrected chi connectivity index (χ0v) is 14.5. The molecule has 2 aromatic rings. The second-order valence-electron chi connectivity index (χ2n) is 6.39. The third-order valence-electron chi connectivity index (χ3n) is 4.76. The van der Waals surface area contributed by atoms with Gasteiger partial charge in [0.15, 0.2) is 5.78 Å². The van der Waals surface area contributed by atoms with Gasteiger partial charge < -0.3 is 0 Å². The molecule has 0 amide bonds. The average molecular weight is 316 g/mol. The lowest BCUT2D eigenvalue weighted by Crippen LogP contribution is -1.95. The van der Waals surface area contributed by atoms with Crippen molar-refractivity contribution in [3.05, 3.63) is 82.9 Å². The van der Waals surface area contributed by atoms with Crippen LogP contribution in [0.15, 0.2) is 71.8 Å². The minimum Gasteiger partial charge on any atom is -0.294 e. The molecule has 24 heavy (non-hydrogen) atoms. The molecule has 0 bridgehead atoms. The number of carbonyl (C=O) groups excluding carboxylic acids is 1. The van der Waals surface area contributed by atoms with E-state index in [2.05, 4.69) is 43.3 Å². The quantitative estimate of drug-likeness (QED) is 0.653. The van der Waals surface area contributed by atoms with Crippen LogP contribution in [0.4, 0.5) is 0 Å². The van der Waals surface area contributed by atoms with E-state index in [1.54, 1.807) is 0 Å². The Balaban J connectivity index is 2.17. The van der Waals surface area contributed by atoms with Gasteiger partial charge in [-0.1, -0.05) is 74.0 Å². The third kappa shape index (κ3) is 3.26. The van der Waals surface area contributed by atoms with E-state index in [0.29, 0.717) is 6.42 Å². The fourth-order valence-corrected chi connectivity index (χ4v) is 3.46. The molecule has 0 heterocycles. The van der Waals surface area contributed by atoms with E-state index in [1.807, 2.05) is 31.2 Å². The van der Waals surface area contributed by atoms with Crippen molar-refractivity contribution < 1.29 is 4.79 Å². The molecule has 1 nitrogen and oxygen atoms in total. The maximum Gasteiger partial charge on any atom is 0.163 e. The van der Waals surface area contributed by atoms with Gasteiger partial charge in [0.2, 0.25) is 0 Å². The zero-order valence-electron chi connectivity index (χ0n) is 14.5. The first kappa shape index (κ1) is 16.4. The Hall–Kier alpha value is -2.41. The standard InChI is InChI=1S/C23H24O/c1-3-4-15-20(18-11-7-5-8-12-18)21-16-22(24)17(2)23(21)19-13-9-6-10-14-19/h5-14H,3-4,15-16H2,1-2H3/b21-20-. The molecule has 0 saturated heterocycles. The van der Waals surface area contributed by atoms with Gasteiger partial charge in [0.25, 0.3) is 0 Å². The van der Waals surface area contributed by atoms with Gasteiger partial charge in [-0.25, -0.2) is 0 Å². The number of allylic oxidation sites excluding steroid dienone is 4. The minimum atomic E-state index is 0.258. The van der Waals surface area contributed by atoms with Gasteiger partial charge in [-0.05, 0) is 47.6 Å². The van der Waals surface area contributed by atoms with Crippen LogP contribution >= 0.6 is 0 Å². The Morgan fingerprint density at radius 3 is 2.21 bits per heavy atom. The Kier molecular flexibility index (Phi) is 5.10. The molecule has 1 aliphatic rings. The van der Waals surface area contributed by atoms with Crippen LogP contribution in [0.25, 0.3) is 11.1 Å². The molecule has 1 aliphatic carbocycles. The number of rotatable bonds is 5. The van der Waals surface area contributed by atoms with Crippen LogP contribution in [0.1, 0.15) is 50.7 Å². The summed E-state index contributed by atoms with van der Waals surface area (Å²) in [5.74, 6) is 0.258. The van der Waals surface area contributed by atoms with Crippen LogP contribution in [0.5, 0.6) is 0 Å². The molecular weight excluding hydrogens is 292 g/mol. The summed E-state index contributed by atoms with van der Waals surface area (Å²) in [6.45, 7) is 4.19. The third-order valence-corrected chi connectivity index (χ3v) is 4.76. The molecular formula is C23H24O. The Labute approximate surface area is 144 Å². The van der Waals surface area contributed by atoms with Crippen molar-refractivity contribution >= 4 is 16.9 Å². The molecule has 0 aliphatic heterocycles. The van der Waals surface area contributed by atoms with Crippen LogP contribution in [-0.2, 0) is 4.79 Å². The highest BCUT2D eigenvalue weighted by atomic mass is 16.1. The van der Waals surface area contributed by atoms with Gasteiger partial charge in [-0.2, -0.15) is 0 Å². The number of unbranched alkanes of at least 4 members (excludes halogenated alkanes) is 1.